The molecule has 0 radical (unpaired) electrons. The number of nitrogens with zero attached hydrogens (tertiary/aromatic N) is 4. The lowest BCUT2D eigenvalue weighted by atomic mass is 10.2. The highest BCUT2D eigenvalue weighted by atomic mass is 19.1. The van der Waals surface area contributed by atoms with Crippen molar-refractivity contribution in [2.75, 3.05) is 71.5 Å². The fourth-order valence-electron chi connectivity index (χ4n) is 2.83. The number of anilines is 1. The molecule has 0 aromatic carbocycles. The summed E-state index contributed by atoms with van der Waals surface area (Å²) in [5, 5.41) is 0. The van der Waals surface area contributed by atoms with Crippen LogP contribution in [-0.4, -0.2) is 93.0 Å². The van der Waals surface area contributed by atoms with Crippen molar-refractivity contribution < 1.29 is 27.5 Å². The van der Waals surface area contributed by atoms with E-state index < -0.39 is 18.5 Å². The topological polar surface area (TPSA) is 67.4 Å². The van der Waals surface area contributed by atoms with Crippen molar-refractivity contribution in [3.8, 4) is 5.75 Å². The van der Waals surface area contributed by atoms with E-state index in [1.165, 1.54) is 12.3 Å². The molecule has 1 amide bonds. The number of likely N-dealkylation sites (N-methyl/N-ethyl adjacent to an activating group) is 1. The zero-order valence-corrected chi connectivity index (χ0v) is 17.6. The third-order valence-electron chi connectivity index (χ3n) is 4.38. The molecule has 0 bridgehead atoms. The third-order valence-corrected chi connectivity index (χ3v) is 4.38. The summed E-state index contributed by atoms with van der Waals surface area (Å²) in [5.41, 5.74) is -0.528. The number of piperazine rings is 1. The molecular formula is C20H33FN4O4. The van der Waals surface area contributed by atoms with E-state index in [1.807, 2.05) is 25.7 Å². The van der Waals surface area contributed by atoms with Gasteiger partial charge in [-0.05, 0) is 20.8 Å². The van der Waals surface area contributed by atoms with Crippen LogP contribution in [0.4, 0.5) is 15.0 Å². The second kappa shape index (κ2) is 10.6. The van der Waals surface area contributed by atoms with Crippen molar-refractivity contribution in [2.45, 2.75) is 26.4 Å². The maximum atomic E-state index is 14.5. The zero-order valence-electron chi connectivity index (χ0n) is 20.6. The van der Waals surface area contributed by atoms with Gasteiger partial charge in [0, 0.05) is 59.4 Å². The highest BCUT2D eigenvalue weighted by Gasteiger charge is 2.23. The highest BCUT2D eigenvalue weighted by Crippen LogP contribution is 2.22. The Balaban J connectivity index is 1.76. The number of rotatable bonds is 8. The van der Waals surface area contributed by atoms with Gasteiger partial charge in [0.1, 0.15) is 18.0 Å². The maximum absolute atomic E-state index is 14.5. The molecular weight excluding hydrogens is 379 g/mol. The van der Waals surface area contributed by atoms with Gasteiger partial charge in [-0.25, -0.2) is 14.2 Å². The van der Waals surface area contributed by atoms with Crippen LogP contribution in [0.2, 0.25) is 0 Å². The first-order valence-electron chi connectivity index (χ1n) is 11.2. The van der Waals surface area contributed by atoms with E-state index >= 15 is 0 Å². The van der Waals surface area contributed by atoms with Crippen molar-refractivity contribution in [1.29, 1.82) is 0 Å². The average molecular weight is 416 g/mol. The van der Waals surface area contributed by atoms with Gasteiger partial charge in [0.25, 0.3) is 0 Å². The normalized spacial score (nSPS) is 17.3. The summed E-state index contributed by atoms with van der Waals surface area (Å²) in [6.45, 7) is 9.22. The van der Waals surface area contributed by atoms with Gasteiger partial charge < -0.3 is 24.0 Å². The number of halogens is 1. The van der Waals surface area contributed by atoms with Gasteiger partial charge in [-0.2, -0.15) is 0 Å². The van der Waals surface area contributed by atoms with Crippen LogP contribution in [0.5, 0.6) is 5.75 Å². The molecule has 164 valence electrons. The molecule has 0 aliphatic carbocycles. The molecule has 1 saturated heterocycles. The number of aromatic nitrogens is 1. The number of ether oxygens (including phenoxy) is 3. The lowest BCUT2D eigenvalue weighted by Gasteiger charge is -2.36. The smallest absolute Gasteiger partial charge is 0.410 e. The van der Waals surface area contributed by atoms with Crippen molar-refractivity contribution in [3.63, 3.8) is 0 Å². The lowest BCUT2D eigenvalue weighted by Crippen LogP contribution is -2.49. The fourth-order valence-corrected chi connectivity index (χ4v) is 2.83. The summed E-state index contributed by atoms with van der Waals surface area (Å²) < 4.78 is 50.6. The third kappa shape index (κ3) is 7.66. The van der Waals surface area contributed by atoms with E-state index in [-0.39, 0.29) is 30.9 Å². The minimum Gasteiger partial charge on any atom is -0.489 e. The summed E-state index contributed by atoms with van der Waals surface area (Å²) in [6, 6.07) is 1.24. The van der Waals surface area contributed by atoms with E-state index in [4.69, 9.17) is 13.6 Å². The van der Waals surface area contributed by atoms with E-state index in [0.29, 0.717) is 39.3 Å². The SMILES string of the molecule is [2H]C([2H])([2H])OCCOc1cnc(N2CCN(CCN(C)C(=O)OC(C)(C)C)CC2)c(F)c1. The van der Waals surface area contributed by atoms with E-state index in [1.54, 1.807) is 11.9 Å². The van der Waals surface area contributed by atoms with Crippen molar-refractivity contribution in [1.82, 2.24) is 14.8 Å². The summed E-state index contributed by atoms with van der Waals surface area (Å²) >= 11 is 0. The standard InChI is InChI=1S/C20H33FN4O4/c1-20(2,3)29-19(26)23(4)6-7-24-8-10-25(11-9-24)18-17(21)14-16(15-22-18)28-13-12-27-5/h14-15H,6-13H2,1-5H3/i5D3. The summed E-state index contributed by atoms with van der Waals surface area (Å²) in [7, 11) is -0.771. The molecule has 29 heavy (non-hydrogen) atoms. The van der Waals surface area contributed by atoms with Gasteiger partial charge >= 0.3 is 6.09 Å². The van der Waals surface area contributed by atoms with Crippen LogP contribution in [0.3, 0.4) is 0 Å². The first-order chi connectivity index (χ1) is 14.8. The zero-order chi connectivity index (χ0) is 23.9. The molecule has 1 fully saturated rings. The van der Waals surface area contributed by atoms with Crippen LogP contribution in [-0.2, 0) is 9.47 Å². The predicted molar refractivity (Wildman–Crippen MR) is 109 cm³/mol. The summed E-state index contributed by atoms with van der Waals surface area (Å²) in [6.07, 6.45) is 1.06. The summed E-state index contributed by atoms with van der Waals surface area (Å²) in [4.78, 5) is 21.8. The van der Waals surface area contributed by atoms with Crippen LogP contribution in [0.15, 0.2) is 12.3 Å². The van der Waals surface area contributed by atoms with Crippen LogP contribution < -0.4 is 9.64 Å². The molecule has 0 unspecified atom stereocenters. The van der Waals surface area contributed by atoms with E-state index in [2.05, 4.69) is 14.6 Å². The Kier molecular flexibility index (Phi) is 6.89. The Morgan fingerprint density at radius 2 is 2.03 bits per heavy atom. The molecule has 1 aromatic heterocycles. The Morgan fingerprint density at radius 1 is 1.31 bits per heavy atom. The van der Waals surface area contributed by atoms with E-state index in [0.717, 1.165) is 0 Å². The van der Waals surface area contributed by atoms with Gasteiger partial charge in [0.15, 0.2) is 11.6 Å². The highest BCUT2D eigenvalue weighted by molar-refractivity contribution is 5.67. The molecule has 0 spiro atoms. The number of pyridine rings is 1. The van der Waals surface area contributed by atoms with Crippen LogP contribution in [0, 0.1) is 5.82 Å². The molecule has 1 aromatic rings. The number of amides is 1. The fraction of sp³-hybridized carbons (Fsp3) is 0.700. The molecule has 0 atom stereocenters. The van der Waals surface area contributed by atoms with Gasteiger partial charge in [0.05, 0.1) is 16.9 Å². The first kappa shape index (κ1) is 18.9. The molecule has 8 nitrogen and oxygen atoms in total. The quantitative estimate of drug-likeness (QED) is 0.603. The predicted octanol–water partition coefficient (Wildman–Crippen LogP) is 2.23. The number of carbonyl (C=O) groups is 1. The molecule has 1 aliphatic heterocycles. The Bertz CT molecular complexity index is 753. The lowest BCUT2D eigenvalue weighted by molar-refractivity contribution is 0.0282. The molecule has 0 saturated carbocycles. The van der Waals surface area contributed by atoms with Gasteiger partial charge in [-0.15, -0.1) is 0 Å². The van der Waals surface area contributed by atoms with Crippen LogP contribution in [0.25, 0.3) is 0 Å². The van der Waals surface area contributed by atoms with Crippen molar-refractivity contribution in [2.24, 2.45) is 0 Å². The number of methoxy groups -OCH3 is 1. The minimum absolute atomic E-state index is 0.0186. The Hall–Kier alpha value is -2.13. The molecule has 9 heteroatoms. The second-order valence-electron chi connectivity index (χ2n) is 7.90. The first-order valence-corrected chi connectivity index (χ1v) is 9.68. The largest absolute Gasteiger partial charge is 0.489 e. The van der Waals surface area contributed by atoms with Crippen molar-refractivity contribution >= 4 is 11.9 Å². The number of hydrogen-bond acceptors (Lipinski definition) is 7. The Labute approximate surface area is 176 Å². The molecule has 2 heterocycles. The Morgan fingerprint density at radius 3 is 2.66 bits per heavy atom. The van der Waals surface area contributed by atoms with Gasteiger partial charge in [-0.3, -0.25) is 4.90 Å². The van der Waals surface area contributed by atoms with Gasteiger partial charge in [-0.1, -0.05) is 0 Å². The number of carbonyl (C=O) groups excluding carboxylic acids is 1. The average Bonchev–Trinajstić information content (AvgIpc) is 2.68. The number of hydrogen-bond donors (Lipinski definition) is 0. The molecule has 0 N–H and O–H groups in total. The van der Waals surface area contributed by atoms with Crippen LogP contribution >= 0.6 is 0 Å². The molecule has 1 aliphatic rings. The van der Waals surface area contributed by atoms with Crippen molar-refractivity contribution in [3.05, 3.63) is 18.1 Å². The van der Waals surface area contributed by atoms with Gasteiger partial charge in [0.2, 0.25) is 0 Å². The summed E-state index contributed by atoms with van der Waals surface area (Å²) in [5.74, 6) is -0.0387. The monoisotopic (exact) mass is 415 g/mol. The van der Waals surface area contributed by atoms with E-state index in [9.17, 15) is 9.18 Å². The van der Waals surface area contributed by atoms with Crippen LogP contribution in [0.1, 0.15) is 24.9 Å². The minimum atomic E-state index is -2.48. The molecule has 2 rings (SSSR count). The maximum Gasteiger partial charge on any atom is 0.410 e. The second-order valence-corrected chi connectivity index (χ2v) is 7.90.